The topological polar surface area (TPSA) is 29.1 Å². The maximum absolute atomic E-state index is 12.5. The van der Waals surface area contributed by atoms with Gasteiger partial charge < -0.3 is 5.32 Å². The molecule has 3 heteroatoms. The number of amides is 1. The van der Waals surface area contributed by atoms with Gasteiger partial charge in [0.2, 0.25) is 5.91 Å². The first-order valence-corrected chi connectivity index (χ1v) is 8.05. The summed E-state index contributed by atoms with van der Waals surface area (Å²) in [7, 11) is 0. The Kier molecular flexibility index (Phi) is 4.11. The van der Waals surface area contributed by atoms with Crippen molar-refractivity contribution < 1.29 is 4.79 Å². The monoisotopic (exact) mass is 343 g/mol. The van der Waals surface area contributed by atoms with Crippen LogP contribution in [0.3, 0.4) is 0 Å². The first kappa shape index (κ1) is 14.3. The summed E-state index contributed by atoms with van der Waals surface area (Å²) in [5.41, 5.74) is 3.73. The summed E-state index contributed by atoms with van der Waals surface area (Å²) in [5.74, 6) is 0.208. The molecule has 0 saturated heterocycles. The molecule has 0 spiro atoms. The molecule has 0 saturated carbocycles. The van der Waals surface area contributed by atoms with E-state index in [-0.39, 0.29) is 17.9 Å². The van der Waals surface area contributed by atoms with Crippen molar-refractivity contribution in [1.82, 2.24) is 5.32 Å². The van der Waals surface area contributed by atoms with Crippen LogP contribution in [0, 0.1) is 5.92 Å². The molecule has 1 amide bonds. The summed E-state index contributed by atoms with van der Waals surface area (Å²) in [6, 6.07) is 16.4. The Hall–Kier alpha value is -1.61. The zero-order valence-corrected chi connectivity index (χ0v) is 13.6. The smallest absolute Gasteiger partial charge is 0.224 e. The van der Waals surface area contributed by atoms with Gasteiger partial charge in [0.1, 0.15) is 0 Å². The van der Waals surface area contributed by atoms with Crippen molar-refractivity contribution in [1.29, 1.82) is 0 Å². The molecular weight excluding hydrogens is 326 g/mol. The van der Waals surface area contributed by atoms with Gasteiger partial charge in [0.25, 0.3) is 0 Å². The minimum absolute atomic E-state index is 0.0501. The summed E-state index contributed by atoms with van der Waals surface area (Å²) in [4.78, 5) is 12.5. The lowest BCUT2D eigenvalue weighted by atomic mass is 10.0. The number of hydrogen-bond donors (Lipinski definition) is 1. The van der Waals surface area contributed by atoms with E-state index in [4.69, 9.17) is 0 Å². The predicted molar refractivity (Wildman–Crippen MR) is 88.0 cm³/mol. The Balaban J connectivity index is 1.65. The van der Waals surface area contributed by atoms with Crippen molar-refractivity contribution in [3.63, 3.8) is 0 Å². The second-order valence-electron chi connectivity index (χ2n) is 5.66. The van der Waals surface area contributed by atoms with Gasteiger partial charge in [-0.15, -0.1) is 0 Å². The lowest BCUT2D eigenvalue weighted by Crippen LogP contribution is -2.33. The summed E-state index contributed by atoms with van der Waals surface area (Å²) in [5, 5.41) is 3.14. The van der Waals surface area contributed by atoms with E-state index in [1.807, 2.05) is 43.3 Å². The lowest BCUT2D eigenvalue weighted by molar-refractivity contribution is -0.125. The molecule has 0 aliphatic heterocycles. The minimum Gasteiger partial charge on any atom is -0.349 e. The Morgan fingerprint density at radius 3 is 2.62 bits per heavy atom. The number of halogens is 1. The molecule has 108 valence electrons. The van der Waals surface area contributed by atoms with Crippen molar-refractivity contribution in [2.45, 2.75) is 25.8 Å². The largest absolute Gasteiger partial charge is 0.349 e. The van der Waals surface area contributed by atoms with Crippen molar-refractivity contribution in [3.8, 4) is 0 Å². The highest BCUT2D eigenvalue weighted by molar-refractivity contribution is 9.10. The van der Waals surface area contributed by atoms with Gasteiger partial charge in [-0.05, 0) is 48.6 Å². The SMILES string of the molecule is CC(NC(=O)C1Cc2ccc(Br)cc2C1)c1ccccc1. The van der Waals surface area contributed by atoms with E-state index < -0.39 is 0 Å². The molecule has 0 aromatic heterocycles. The van der Waals surface area contributed by atoms with Gasteiger partial charge in [-0.25, -0.2) is 0 Å². The fourth-order valence-corrected chi connectivity index (χ4v) is 3.34. The zero-order chi connectivity index (χ0) is 14.8. The number of carbonyl (C=O) groups excluding carboxylic acids is 1. The van der Waals surface area contributed by atoms with Gasteiger partial charge in [0.15, 0.2) is 0 Å². The molecule has 1 aliphatic carbocycles. The summed E-state index contributed by atoms with van der Waals surface area (Å²) >= 11 is 3.49. The van der Waals surface area contributed by atoms with E-state index in [2.05, 4.69) is 33.4 Å². The molecule has 1 N–H and O–H groups in total. The van der Waals surface area contributed by atoms with E-state index in [0.717, 1.165) is 22.9 Å². The average molecular weight is 344 g/mol. The molecule has 0 bridgehead atoms. The Bertz CT molecular complexity index is 654. The Morgan fingerprint density at radius 2 is 1.86 bits per heavy atom. The third-order valence-corrected chi connectivity index (χ3v) is 4.62. The van der Waals surface area contributed by atoms with Crippen LogP contribution in [0.15, 0.2) is 53.0 Å². The van der Waals surface area contributed by atoms with Gasteiger partial charge in [-0.1, -0.05) is 52.3 Å². The number of rotatable bonds is 3. The van der Waals surface area contributed by atoms with Crippen molar-refractivity contribution >= 4 is 21.8 Å². The molecule has 0 radical (unpaired) electrons. The summed E-state index contributed by atoms with van der Waals surface area (Å²) < 4.78 is 1.08. The van der Waals surface area contributed by atoms with Gasteiger partial charge in [0.05, 0.1) is 6.04 Å². The van der Waals surface area contributed by atoms with Gasteiger partial charge >= 0.3 is 0 Å². The lowest BCUT2D eigenvalue weighted by Gasteiger charge is -2.17. The van der Waals surface area contributed by atoms with Crippen LogP contribution in [-0.2, 0) is 17.6 Å². The highest BCUT2D eigenvalue weighted by Gasteiger charge is 2.28. The fraction of sp³-hybridized carbons (Fsp3) is 0.278. The number of hydrogen-bond acceptors (Lipinski definition) is 1. The second-order valence-corrected chi connectivity index (χ2v) is 6.57. The fourth-order valence-electron chi connectivity index (χ4n) is 2.93. The number of nitrogens with one attached hydrogen (secondary N) is 1. The third kappa shape index (κ3) is 3.18. The average Bonchev–Trinajstić information content (AvgIpc) is 2.91. The molecule has 2 aromatic rings. The van der Waals surface area contributed by atoms with Gasteiger partial charge in [-0.2, -0.15) is 0 Å². The molecule has 0 fully saturated rings. The van der Waals surface area contributed by atoms with Crippen molar-refractivity contribution in [3.05, 3.63) is 69.7 Å². The summed E-state index contributed by atoms with van der Waals surface area (Å²) in [6.07, 6.45) is 1.68. The maximum Gasteiger partial charge on any atom is 0.224 e. The first-order valence-electron chi connectivity index (χ1n) is 7.26. The highest BCUT2D eigenvalue weighted by atomic mass is 79.9. The molecule has 3 rings (SSSR count). The van der Waals surface area contributed by atoms with E-state index in [1.54, 1.807) is 0 Å². The first-order chi connectivity index (χ1) is 10.1. The van der Waals surface area contributed by atoms with E-state index >= 15 is 0 Å². The molecule has 2 aromatic carbocycles. The van der Waals surface area contributed by atoms with Crippen LogP contribution < -0.4 is 5.32 Å². The van der Waals surface area contributed by atoms with E-state index in [1.165, 1.54) is 11.1 Å². The maximum atomic E-state index is 12.5. The van der Waals surface area contributed by atoms with Gasteiger partial charge in [-0.3, -0.25) is 4.79 Å². The third-order valence-electron chi connectivity index (χ3n) is 4.13. The molecule has 0 heterocycles. The number of carbonyl (C=O) groups is 1. The van der Waals surface area contributed by atoms with Crippen LogP contribution in [0.4, 0.5) is 0 Å². The van der Waals surface area contributed by atoms with Crippen LogP contribution in [0.2, 0.25) is 0 Å². The Labute approximate surface area is 133 Å². The van der Waals surface area contributed by atoms with E-state index in [9.17, 15) is 4.79 Å². The standard InChI is InChI=1S/C18H18BrNO/c1-12(13-5-3-2-4-6-13)20-18(21)16-9-14-7-8-17(19)11-15(14)10-16/h2-8,11-12,16H,9-10H2,1H3,(H,20,21). The van der Waals surface area contributed by atoms with Crippen LogP contribution in [0.5, 0.6) is 0 Å². The van der Waals surface area contributed by atoms with Crippen LogP contribution in [-0.4, -0.2) is 5.91 Å². The second kappa shape index (κ2) is 6.02. The number of fused-ring (bicyclic) bond motifs is 1. The quantitative estimate of drug-likeness (QED) is 0.895. The zero-order valence-electron chi connectivity index (χ0n) is 12.0. The molecule has 2 atom stereocenters. The predicted octanol–water partition coefficient (Wildman–Crippen LogP) is 4.04. The highest BCUT2D eigenvalue weighted by Crippen LogP contribution is 2.29. The van der Waals surface area contributed by atoms with Crippen molar-refractivity contribution in [2.24, 2.45) is 5.92 Å². The number of benzene rings is 2. The van der Waals surface area contributed by atoms with Crippen LogP contribution >= 0.6 is 15.9 Å². The molecule has 2 nitrogen and oxygen atoms in total. The Morgan fingerprint density at radius 1 is 1.14 bits per heavy atom. The van der Waals surface area contributed by atoms with Crippen LogP contribution in [0.25, 0.3) is 0 Å². The minimum atomic E-state index is 0.0501. The van der Waals surface area contributed by atoms with Gasteiger partial charge in [0, 0.05) is 10.4 Å². The normalized spacial score (nSPS) is 18.1. The van der Waals surface area contributed by atoms with Crippen molar-refractivity contribution in [2.75, 3.05) is 0 Å². The molecule has 1 aliphatic rings. The van der Waals surface area contributed by atoms with Crippen LogP contribution in [0.1, 0.15) is 29.7 Å². The van der Waals surface area contributed by atoms with E-state index in [0.29, 0.717) is 0 Å². The molecule has 2 unspecified atom stereocenters. The summed E-state index contributed by atoms with van der Waals surface area (Å²) in [6.45, 7) is 2.03. The molecular formula is C18H18BrNO. The molecule has 21 heavy (non-hydrogen) atoms.